The summed E-state index contributed by atoms with van der Waals surface area (Å²) in [6.07, 6.45) is 0. The molecule has 0 N–H and O–H groups in total. The Labute approximate surface area is 202 Å². The lowest BCUT2D eigenvalue weighted by Gasteiger charge is -2.32. The summed E-state index contributed by atoms with van der Waals surface area (Å²) in [4.78, 5) is 29.0. The molecule has 4 rings (SSSR count). The number of carbonyl (C=O) groups is 2. The summed E-state index contributed by atoms with van der Waals surface area (Å²) in [7, 11) is 1.39. The number of rotatable bonds is 6. The monoisotopic (exact) mass is 464 g/mol. The Morgan fingerprint density at radius 2 is 1.82 bits per heavy atom. The van der Waals surface area contributed by atoms with Crippen LogP contribution in [0.2, 0.25) is 0 Å². The highest BCUT2D eigenvalue weighted by Gasteiger charge is 2.52. The van der Waals surface area contributed by atoms with Crippen LogP contribution in [0.15, 0.2) is 36.4 Å². The van der Waals surface area contributed by atoms with Crippen LogP contribution in [0.1, 0.15) is 63.0 Å². The van der Waals surface area contributed by atoms with Gasteiger partial charge in [-0.25, -0.2) is 0 Å². The maximum atomic E-state index is 13.4. The molecule has 0 atom stereocenters. The summed E-state index contributed by atoms with van der Waals surface area (Å²) in [6.45, 7) is 12.8. The van der Waals surface area contributed by atoms with Gasteiger partial charge in [-0.1, -0.05) is 12.1 Å². The van der Waals surface area contributed by atoms with Gasteiger partial charge in [0.15, 0.2) is 0 Å². The van der Waals surface area contributed by atoms with Crippen molar-refractivity contribution in [3.8, 4) is 0 Å². The zero-order chi connectivity index (χ0) is 24.8. The first-order valence-electron chi connectivity index (χ1n) is 11.7. The number of nitrogens with zero attached hydrogens (tertiary/aromatic N) is 2. The molecule has 2 aliphatic heterocycles. The topological polar surface area (TPSA) is 68.3 Å². The third-order valence-corrected chi connectivity index (χ3v) is 7.21. The van der Waals surface area contributed by atoms with E-state index in [1.807, 2.05) is 65.1 Å². The van der Waals surface area contributed by atoms with Crippen molar-refractivity contribution in [3.05, 3.63) is 53.1 Å². The molecule has 2 aliphatic rings. The van der Waals surface area contributed by atoms with Crippen molar-refractivity contribution in [1.29, 1.82) is 0 Å². The Morgan fingerprint density at radius 1 is 1.15 bits per heavy atom. The standard InChI is InChI=1S/C26H33BN2O5/c1-8-28(7)19-12-13-20-18(14-19)15-29(24(20)31)23-11-9-10-22(21(23)16-32-17(2)30)27-33-25(3,4)26(5,6)34-27/h9-14H,8,15-16H2,1-7H3. The fourth-order valence-corrected chi connectivity index (χ4v) is 4.29. The molecule has 8 heteroatoms. The van der Waals surface area contributed by atoms with Crippen molar-refractivity contribution in [1.82, 2.24) is 0 Å². The highest BCUT2D eigenvalue weighted by Crippen LogP contribution is 2.38. The second-order valence-electron chi connectivity index (χ2n) is 9.96. The SMILES string of the molecule is CCN(C)c1ccc2c(c1)CN(c1cccc(B3OC(C)(C)C(C)(C)O3)c1COC(C)=O)C2=O. The van der Waals surface area contributed by atoms with Gasteiger partial charge in [0.05, 0.1) is 23.4 Å². The van der Waals surface area contributed by atoms with Gasteiger partial charge in [0, 0.05) is 37.3 Å². The number of benzene rings is 2. The number of anilines is 2. The highest BCUT2D eigenvalue weighted by molar-refractivity contribution is 6.62. The van der Waals surface area contributed by atoms with Gasteiger partial charge in [0.2, 0.25) is 0 Å². The van der Waals surface area contributed by atoms with Crippen LogP contribution < -0.4 is 15.3 Å². The minimum Gasteiger partial charge on any atom is -0.461 e. The number of ether oxygens (including phenoxy) is 1. The number of fused-ring (bicyclic) bond motifs is 1. The highest BCUT2D eigenvalue weighted by atomic mass is 16.7. The van der Waals surface area contributed by atoms with Crippen LogP contribution in [0.3, 0.4) is 0 Å². The van der Waals surface area contributed by atoms with Crippen molar-refractivity contribution in [2.75, 3.05) is 23.4 Å². The molecule has 0 unspecified atom stereocenters. The van der Waals surface area contributed by atoms with Crippen LogP contribution in [-0.2, 0) is 32.0 Å². The molecule has 7 nitrogen and oxygen atoms in total. The molecule has 0 saturated carbocycles. The predicted molar refractivity (Wildman–Crippen MR) is 134 cm³/mol. The third kappa shape index (κ3) is 4.21. The van der Waals surface area contributed by atoms with E-state index in [-0.39, 0.29) is 12.5 Å². The van der Waals surface area contributed by atoms with E-state index < -0.39 is 24.3 Å². The van der Waals surface area contributed by atoms with Crippen LogP contribution in [-0.4, -0.2) is 43.8 Å². The quantitative estimate of drug-likeness (QED) is 0.480. The van der Waals surface area contributed by atoms with E-state index in [2.05, 4.69) is 17.9 Å². The van der Waals surface area contributed by atoms with Gasteiger partial charge < -0.3 is 23.8 Å². The minimum atomic E-state index is -0.639. The van der Waals surface area contributed by atoms with E-state index in [9.17, 15) is 9.59 Å². The van der Waals surface area contributed by atoms with Crippen LogP contribution >= 0.6 is 0 Å². The molecule has 2 heterocycles. The van der Waals surface area contributed by atoms with Gasteiger partial charge in [0.1, 0.15) is 6.61 Å². The second-order valence-corrected chi connectivity index (χ2v) is 9.96. The van der Waals surface area contributed by atoms with Gasteiger partial charge in [-0.15, -0.1) is 0 Å². The van der Waals surface area contributed by atoms with Crippen molar-refractivity contribution in [2.45, 2.75) is 65.9 Å². The lowest BCUT2D eigenvalue weighted by atomic mass is 9.75. The Balaban J connectivity index is 1.74. The molecule has 0 spiro atoms. The lowest BCUT2D eigenvalue weighted by Crippen LogP contribution is -2.41. The normalized spacial score (nSPS) is 18.3. The summed E-state index contributed by atoms with van der Waals surface area (Å²) in [5.41, 5.74) is 3.86. The summed E-state index contributed by atoms with van der Waals surface area (Å²) < 4.78 is 18.0. The van der Waals surface area contributed by atoms with Crippen molar-refractivity contribution in [3.63, 3.8) is 0 Å². The van der Waals surface area contributed by atoms with Crippen molar-refractivity contribution in [2.24, 2.45) is 0 Å². The third-order valence-electron chi connectivity index (χ3n) is 7.21. The number of amides is 1. The number of carbonyl (C=O) groups excluding carboxylic acids is 2. The summed E-state index contributed by atoms with van der Waals surface area (Å²) in [6, 6.07) is 11.6. The molecule has 0 radical (unpaired) electrons. The molecule has 2 aromatic carbocycles. The first-order chi connectivity index (χ1) is 15.9. The smallest absolute Gasteiger partial charge is 0.461 e. The van der Waals surface area contributed by atoms with Gasteiger partial charge >= 0.3 is 13.1 Å². The first-order valence-corrected chi connectivity index (χ1v) is 11.7. The summed E-state index contributed by atoms with van der Waals surface area (Å²) >= 11 is 0. The fourth-order valence-electron chi connectivity index (χ4n) is 4.29. The molecule has 34 heavy (non-hydrogen) atoms. The number of hydrogen-bond donors (Lipinski definition) is 0. The average molecular weight is 464 g/mol. The maximum Gasteiger partial charge on any atom is 0.495 e. The van der Waals surface area contributed by atoms with E-state index in [0.29, 0.717) is 23.4 Å². The van der Waals surface area contributed by atoms with E-state index in [4.69, 9.17) is 14.0 Å². The summed E-state index contributed by atoms with van der Waals surface area (Å²) in [5, 5.41) is 0. The molecular weight excluding hydrogens is 431 g/mol. The van der Waals surface area contributed by atoms with Crippen LogP contribution in [0.4, 0.5) is 11.4 Å². The molecule has 1 fully saturated rings. The van der Waals surface area contributed by atoms with Gasteiger partial charge in [-0.2, -0.15) is 0 Å². The molecule has 0 aromatic heterocycles. The molecule has 0 aliphatic carbocycles. The molecule has 2 aromatic rings. The largest absolute Gasteiger partial charge is 0.495 e. The Morgan fingerprint density at radius 3 is 2.44 bits per heavy atom. The van der Waals surface area contributed by atoms with E-state index in [1.54, 1.807) is 4.90 Å². The van der Waals surface area contributed by atoms with Gasteiger partial charge in [-0.3, -0.25) is 9.59 Å². The molecule has 1 saturated heterocycles. The van der Waals surface area contributed by atoms with Crippen LogP contribution in [0.5, 0.6) is 0 Å². The molecular formula is C26H33BN2O5. The van der Waals surface area contributed by atoms with Gasteiger partial charge in [0.25, 0.3) is 5.91 Å². The molecule has 0 bridgehead atoms. The second kappa shape index (κ2) is 8.75. The van der Waals surface area contributed by atoms with Crippen LogP contribution in [0, 0.1) is 0 Å². The zero-order valence-electron chi connectivity index (χ0n) is 21.1. The van der Waals surface area contributed by atoms with Crippen molar-refractivity contribution >= 4 is 35.8 Å². The van der Waals surface area contributed by atoms with Crippen molar-refractivity contribution < 1.29 is 23.6 Å². The lowest BCUT2D eigenvalue weighted by molar-refractivity contribution is -0.142. The Bertz CT molecular complexity index is 1110. The Kier molecular flexibility index (Phi) is 6.25. The van der Waals surface area contributed by atoms with E-state index in [1.165, 1.54) is 6.92 Å². The zero-order valence-corrected chi connectivity index (χ0v) is 21.1. The molecule has 1 amide bonds. The predicted octanol–water partition coefficient (Wildman–Crippen LogP) is 3.67. The van der Waals surface area contributed by atoms with Crippen LogP contribution in [0.25, 0.3) is 0 Å². The Hall–Kier alpha value is -2.84. The number of hydrogen-bond acceptors (Lipinski definition) is 6. The summed E-state index contributed by atoms with van der Waals surface area (Å²) in [5.74, 6) is -0.464. The minimum absolute atomic E-state index is 0.0227. The molecule has 180 valence electrons. The average Bonchev–Trinajstić information content (AvgIpc) is 3.22. The number of esters is 1. The van der Waals surface area contributed by atoms with E-state index >= 15 is 0 Å². The van der Waals surface area contributed by atoms with Gasteiger partial charge in [-0.05, 0) is 69.9 Å². The first kappa shape index (κ1) is 24.3. The van der Waals surface area contributed by atoms with E-state index in [0.717, 1.165) is 23.3 Å². The maximum absolute atomic E-state index is 13.4. The fraction of sp³-hybridized carbons (Fsp3) is 0.462.